The van der Waals surface area contributed by atoms with Crippen molar-refractivity contribution >= 4 is 36.8 Å². The molecule has 0 unspecified atom stereocenters. The summed E-state index contributed by atoms with van der Waals surface area (Å²) in [6, 6.07) is 15.5. The first-order chi connectivity index (χ1) is 8.65. The van der Waals surface area contributed by atoms with Crippen molar-refractivity contribution < 1.29 is 4.79 Å². The van der Waals surface area contributed by atoms with Gasteiger partial charge in [0.1, 0.15) is 0 Å². The summed E-state index contributed by atoms with van der Waals surface area (Å²) in [5.41, 5.74) is 1.99. The zero-order valence-corrected chi connectivity index (χ0v) is 12.5. The molecule has 3 heteroatoms. The van der Waals surface area contributed by atoms with Gasteiger partial charge in [-0.3, -0.25) is 0 Å². The van der Waals surface area contributed by atoms with Crippen LogP contribution in [0.25, 0.3) is 0 Å². The van der Waals surface area contributed by atoms with E-state index in [2.05, 4.69) is 31.2 Å². The number of rotatable bonds is 4. The van der Waals surface area contributed by atoms with Crippen molar-refractivity contribution in [1.82, 2.24) is 0 Å². The predicted octanol–water partition coefficient (Wildman–Crippen LogP) is 3.28. The van der Waals surface area contributed by atoms with Gasteiger partial charge in [-0.05, 0) is 0 Å². The van der Waals surface area contributed by atoms with Gasteiger partial charge in [-0.2, -0.15) is 0 Å². The van der Waals surface area contributed by atoms with E-state index < -0.39 is 0 Å². The first-order valence-corrected chi connectivity index (χ1v) is 8.08. The van der Waals surface area contributed by atoms with E-state index in [9.17, 15) is 4.79 Å². The van der Waals surface area contributed by atoms with Crippen LogP contribution in [0.15, 0.2) is 48.5 Å². The molecule has 0 aliphatic rings. The Morgan fingerprint density at radius 3 is 2.28 bits per heavy atom. The topological polar surface area (TPSA) is 17.1 Å². The molecule has 0 saturated heterocycles. The fourth-order valence-electron chi connectivity index (χ4n) is 1.50. The van der Waals surface area contributed by atoms with Gasteiger partial charge in [-0.15, -0.1) is 0 Å². The number of benzene rings is 2. The van der Waals surface area contributed by atoms with Crippen LogP contribution in [0.4, 0.5) is 0 Å². The minimum absolute atomic E-state index is 0.187. The maximum atomic E-state index is 12.0. The Balaban J connectivity index is 1.96. The Bertz CT molecular complexity index is 531. The average Bonchev–Trinajstić information content (AvgIpc) is 2.38. The van der Waals surface area contributed by atoms with Crippen LogP contribution in [-0.2, 0) is 0 Å². The SMILES string of the molecule is Cc1ccc([Se]CC(=O)c2ccc(Cl)cc2)cc1. The first-order valence-electron chi connectivity index (χ1n) is 5.63. The van der Waals surface area contributed by atoms with Gasteiger partial charge in [0.15, 0.2) is 0 Å². The van der Waals surface area contributed by atoms with E-state index in [1.54, 1.807) is 24.3 Å². The monoisotopic (exact) mass is 324 g/mol. The predicted molar refractivity (Wildman–Crippen MR) is 77.2 cm³/mol. The van der Waals surface area contributed by atoms with Gasteiger partial charge in [0.2, 0.25) is 0 Å². The van der Waals surface area contributed by atoms with Gasteiger partial charge in [0.05, 0.1) is 0 Å². The van der Waals surface area contributed by atoms with Gasteiger partial charge in [-0.25, -0.2) is 0 Å². The number of carbonyl (C=O) groups excluding carboxylic acids is 1. The zero-order valence-electron chi connectivity index (χ0n) is 10.0. The number of hydrogen-bond acceptors (Lipinski definition) is 1. The van der Waals surface area contributed by atoms with Crippen molar-refractivity contribution in [2.24, 2.45) is 0 Å². The number of aryl methyl sites for hydroxylation is 1. The molecule has 2 aromatic rings. The molecule has 0 fully saturated rings. The Hall–Kier alpha value is -1.08. The van der Waals surface area contributed by atoms with E-state index in [1.165, 1.54) is 10.0 Å². The second-order valence-electron chi connectivity index (χ2n) is 4.03. The number of hydrogen-bond donors (Lipinski definition) is 0. The quantitative estimate of drug-likeness (QED) is 0.623. The van der Waals surface area contributed by atoms with Crippen LogP contribution in [0.2, 0.25) is 10.3 Å². The van der Waals surface area contributed by atoms with E-state index in [4.69, 9.17) is 11.6 Å². The van der Waals surface area contributed by atoms with Gasteiger partial charge in [0.25, 0.3) is 0 Å². The molecular weight excluding hydrogens is 311 g/mol. The molecule has 2 aromatic carbocycles. The third kappa shape index (κ3) is 3.71. The second kappa shape index (κ2) is 6.19. The Labute approximate surface area is 118 Å². The number of halogens is 1. The first kappa shape index (κ1) is 13.4. The second-order valence-corrected chi connectivity index (χ2v) is 6.67. The summed E-state index contributed by atoms with van der Waals surface area (Å²) >= 11 is 6.00. The molecule has 0 aliphatic heterocycles. The summed E-state index contributed by atoms with van der Waals surface area (Å²) < 4.78 is 1.26. The Kier molecular flexibility index (Phi) is 4.59. The van der Waals surface area contributed by atoms with Crippen LogP contribution in [0.1, 0.15) is 15.9 Å². The Morgan fingerprint density at radius 1 is 1.06 bits per heavy atom. The third-order valence-corrected chi connectivity index (χ3v) is 4.93. The summed E-state index contributed by atoms with van der Waals surface area (Å²) in [7, 11) is 0. The Morgan fingerprint density at radius 2 is 1.67 bits per heavy atom. The van der Waals surface area contributed by atoms with Crippen LogP contribution in [0.5, 0.6) is 0 Å². The number of Topliss-reactive ketones (excluding diaryl/α,β-unsaturated/α-hetero) is 1. The third-order valence-electron chi connectivity index (χ3n) is 2.56. The van der Waals surface area contributed by atoms with Crippen molar-refractivity contribution in [2.75, 3.05) is 0 Å². The summed E-state index contributed by atoms with van der Waals surface area (Å²) in [5, 5.41) is 1.26. The molecule has 0 aromatic heterocycles. The van der Waals surface area contributed by atoms with Crippen molar-refractivity contribution in [1.29, 1.82) is 0 Å². The molecule has 0 atom stereocenters. The van der Waals surface area contributed by atoms with Crippen LogP contribution >= 0.6 is 11.6 Å². The van der Waals surface area contributed by atoms with E-state index in [1.807, 2.05) is 0 Å². The molecule has 0 N–H and O–H groups in total. The zero-order chi connectivity index (χ0) is 13.0. The van der Waals surface area contributed by atoms with Gasteiger partial charge >= 0.3 is 119 Å². The van der Waals surface area contributed by atoms with E-state index in [0.717, 1.165) is 5.56 Å². The van der Waals surface area contributed by atoms with Crippen LogP contribution in [0, 0.1) is 6.92 Å². The molecule has 1 nitrogen and oxygen atoms in total. The normalized spacial score (nSPS) is 10.3. The van der Waals surface area contributed by atoms with Crippen molar-refractivity contribution in [3.63, 3.8) is 0 Å². The van der Waals surface area contributed by atoms with Crippen LogP contribution in [-0.4, -0.2) is 20.7 Å². The van der Waals surface area contributed by atoms with Crippen molar-refractivity contribution in [3.05, 3.63) is 64.7 Å². The van der Waals surface area contributed by atoms with Crippen molar-refractivity contribution in [3.8, 4) is 0 Å². The maximum absolute atomic E-state index is 12.0. The van der Waals surface area contributed by atoms with E-state index in [-0.39, 0.29) is 20.7 Å². The molecular formula is C15H13ClOSe. The molecule has 0 radical (unpaired) electrons. The van der Waals surface area contributed by atoms with Crippen LogP contribution < -0.4 is 4.46 Å². The molecule has 0 bridgehead atoms. The fourth-order valence-corrected chi connectivity index (χ4v) is 3.29. The average molecular weight is 324 g/mol. The minimum atomic E-state index is 0.187. The summed E-state index contributed by atoms with van der Waals surface area (Å²) in [5.74, 6) is 0.187. The molecule has 92 valence electrons. The van der Waals surface area contributed by atoms with Gasteiger partial charge < -0.3 is 0 Å². The van der Waals surface area contributed by atoms with Crippen LogP contribution in [0.3, 0.4) is 0 Å². The molecule has 18 heavy (non-hydrogen) atoms. The molecule has 0 spiro atoms. The standard InChI is InChI=1S/C15H13ClOSe/c1-11-2-8-14(9-3-11)18-10-15(17)12-4-6-13(16)7-5-12/h2-9H,10H2,1H3. The number of ketones is 1. The molecule has 0 heterocycles. The van der Waals surface area contributed by atoms with E-state index >= 15 is 0 Å². The molecule has 0 saturated carbocycles. The van der Waals surface area contributed by atoms with Crippen molar-refractivity contribution in [2.45, 2.75) is 12.2 Å². The fraction of sp³-hybridized carbons (Fsp3) is 0.133. The van der Waals surface area contributed by atoms with Gasteiger partial charge in [-0.1, -0.05) is 0 Å². The molecule has 0 amide bonds. The number of carbonyl (C=O) groups is 1. The summed E-state index contributed by atoms with van der Waals surface area (Å²) in [6.07, 6.45) is 0. The van der Waals surface area contributed by atoms with Gasteiger partial charge in [0, 0.05) is 0 Å². The van der Waals surface area contributed by atoms with E-state index in [0.29, 0.717) is 10.3 Å². The molecule has 2 rings (SSSR count). The molecule has 0 aliphatic carbocycles. The summed E-state index contributed by atoms with van der Waals surface area (Å²) in [6.45, 7) is 2.07. The summed E-state index contributed by atoms with van der Waals surface area (Å²) in [4.78, 5) is 12.0.